The molecule has 0 aromatic rings. The summed E-state index contributed by atoms with van der Waals surface area (Å²) in [6, 6.07) is 0. The van der Waals surface area contributed by atoms with Crippen molar-refractivity contribution in [3.63, 3.8) is 0 Å². The Kier molecular flexibility index (Phi) is 3.54. The molecule has 1 heterocycles. The van der Waals surface area contributed by atoms with Gasteiger partial charge in [0.2, 0.25) is 0 Å². The van der Waals surface area contributed by atoms with Crippen molar-refractivity contribution < 1.29 is 26.3 Å². The van der Waals surface area contributed by atoms with Crippen LogP contribution >= 0.6 is 0 Å². The van der Waals surface area contributed by atoms with Crippen LogP contribution in [0.25, 0.3) is 0 Å². The molecule has 0 saturated heterocycles. The average Bonchev–Trinajstić information content (AvgIpc) is 1.72. The van der Waals surface area contributed by atoms with Crippen molar-refractivity contribution in [2.45, 2.75) is 0 Å². The first kappa shape index (κ1) is 6.59. The zero-order valence-electron chi connectivity index (χ0n) is 3.46. The molecular weight excluding hydrogens is 139 g/mol. The van der Waals surface area contributed by atoms with Crippen LogP contribution in [-0.4, -0.2) is 0 Å². The zero-order chi connectivity index (χ0) is 4.24. The van der Waals surface area contributed by atoms with Crippen molar-refractivity contribution >= 4 is 0 Å². The summed E-state index contributed by atoms with van der Waals surface area (Å²) in [5, 5.41) is 0. The molecule has 0 aliphatic carbocycles. The maximum atomic E-state index is 4.58. The Morgan fingerprint density at radius 2 is 1.00 bits per heavy atom. The summed E-state index contributed by atoms with van der Waals surface area (Å²) in [5.74, 6) is 0. The van der Waals surface area contributed by atoms with Crippen molar-refractivity contribution in [1.82, 2.24) is 0 Å². The molecule has 0 unspecified atom stereocenters. The van der Waals surface area contributed by atoms with Gasteiger partial charge in [0, 0.05) is 16.8 Å². The first-order chi connectivity index (χ1) is 3.00. The van der Waals surface area contributed by atoms with E-state index in [0.717, 1.165) is 0 Å². The van der Waals surface area contributed by atoms with E-state index in [1.165, 1.54) is 25.0 Å². The molecule has 3 heteroatoms. The van der Waals surface area contributed by atoms with Gasteiger partial charge in [-0.2, -0.15) is 0 Å². The molecule has 1 aliphatic heterocycles. The SMILES string of the molecule is C1=COC=CO1.[Co]. The largest absolute Gasteiger partial charge is 0.466 e. The minimum absolute atomic E-state index is 0. The first-order valence-corrected chi connectivity index (χ1v) is 1.61. The third kappa shape index (κ3) is 2.30. The van der Waals surface area contributed by atoms with Crippen LogP contribution in [0.3, 0.4) is 0 Å². The number of rotatable bonds is 0. The van der Waals surface area contributed by atoms with Crippen LogP contribution in [0.2, 0.25) is 0 Å². The topological polar surface area (TPSA) is 18.5 Å². The zero-order valence-corrected chi connectivity index (χ0v) is 4.50. The monoisotopic (exact) mass is 143 g/mol. The van der Waals surface area contributed by atoms with Gasteiger partial charge in [-0.15, -0.1) is 0 Å². The second kappa shape index (κ2) is 3.77. The Morgan fingerprint density at radius 1 is 0.714 bits per heavy atom. The molecule has 7 heavy (non-hydrogen) atoms. The Balaban J connectivity index is 0.000000360. The maximum absolute atomic E-state index is 4.58. The van der Waals surface area contributed by atoms with Crippen LogP contribution in [-0.2, 0) is 26.3 Å². The van der Waals surface area contributed by atoms with Crippen LogP contribution in [0.4, 0.5) is 0 Å². The standard InChI is InChI=1S/C4H4O2.Co/c1-2-6-4-3-5-1;/h1-4H;. The smallest absolute Gasteiger partial charge is 0.125 e. The van der Waals surface area contributed by atoms with Gasteiger partial charge in [-0.25, -0.2) is 0 Å². The van der Waals surface area contributed by atoms with Gasteiger partial charge >= 0.3 is 0 Å². The maximum Gasteiger partial charge on any atom is 0.125 e. The van der Waals surface area contributed by atoms with E-state index < -0.39 is 0 Å². The van der Waals surface area contributed by atoms with E-state index in [1.54, 1.807) is 0 Å². The minimum atomic E-state index is 0. The molecule has 0 atom stereocenters. The molecule has 0 fully saturated rings. The van der Waals surface area contributed by atoms with E-state index in [-0.39, 0.29) is 16.8 Å². The summed E-state index contributed by atoms with van der Waals surface area (Å²) in [4.78, 5) is 0. The fraction of sp³-hybridized carbons (Fsp3) is 0. The number of ether oxygens (including phenoxy) is 2. The summed E-state index contributed by atoms with van der Waals surface area (Å²) in [5.41, 5.74) is 0. The molecule has 0 aromatic heterocycles. The third-order valence-electron chi connectivity index (χ3n) is 0.425. The minimum Gasteiger partial charge on any atom is -0.466 e. The van der Waals surface area contributed by atoms with Crippen LogP contribution in [0, 0.1) is 0 Å². The first-order valence-electron chi connectivity index (χ1n) is 1.61. The van der Waals surface area contributed by atoms with Crippen LogP contribution < -0.4 is 0 Å². The Labute approximate surface area is 52.0 Å². The number of hydrogen-bond acceptors (Lipinski definition) is 2. The molecule has 1 rings (SSSR count). The number of hydrogen-bond donors (Lipinski definition) is 0. The molecule has 0 amide bonds. The molecule has 0 N–H and O–H groups in total. The fourth-order valence-corrected chi connectivity index (χ4v) is 0.219. The predicted molar refractivity (Wildman–Crippen MR) is 20.4 cm³/mol. The summed E-state index contributed by atoms with van der Waals surface area (Å²) in [7, 11) is 0. The Hall–Kier alpha value is -0.414. The predicted octanol–water partition coefficient (Wildman–Crippen LogP) is 0.973. The van der Waals surface area contributed by atoms with E-state index in [1.807, 2.05) is 0 Å². The molecule has 0 bridgehead atoms. The van der Waals surface area contributed by atoms with E-state index in [4.69, 9.17) is 0 Å². The summed E-state index contributed by atoms with van der Waals surface area (Å²) < 4.78 is 9.17. The van der Waals surface area contributed by atoms with E-state index >= 15 is 0 Å². The average molecular weight is 143 g/mol. The third-order valence-corrected chi connectivity index (χ3v) is 0.425. The van der Waals surface area contributed by atoms with Gasteiger partial charge in [0.25, 0.3) is 0 Å². The second-order valence-corrected chi connectivity index (χ2v) is 0.816. The van der Waals surface area contributed by atoms with Gasteiger partial charge in [-0.3, -0.25) is 0 Å². The van der Waals surface area contributed by atoms with Crippen LogP contribution in [0.5, 0.6) is 0 Å². The van der Waals surface area contributed by atoms with Gasteiger partial charge in [0.05, 0.1) is 0 Å². The van der Waals surface area contributed by atoms with Crippen molar-refractivity contribution in [1.29, 1.82) is 0 Å². The van der Waals surface area contributed by atoms with Gasteiger partial charge in [-0.1, -0.05) is 0 Å². The summed E-state index contributed by atoms with van der Waals surface area (Å²) in [6.45, 7) is 0. The van der Waals surface area contributed by atoms with Crippen molar-refractivity contribution in [2.24, 2.45) is 0 Å². The molecule has 1 aliphatic rings. The van der Waals surface area contributed by atoms with Crippen molar-refractivity contribution in [2.75, 3.05) is 0 Å². The van der Waals surface area contributed by atoms with Gasteiger partial charge in [0.15, 0.2) is 0 Å². The molecule has 0 aromatic carbocycles. The van der Waals surface area contributed by atoms with Crippen LogP contribution in [0.1, 0.15) is 0 Å². The molecular formula is C4H4CoO2. The van der Waals surface area contributed by atoms with Crippen molar-refractivity contribution in [3.05, 3.63) is 25.0 Å². The van der Waals surface area contributed by atoms with E-state index in [0.29, 0.717) is 0 Å². The summed E-state index contributed by atoms with van der Waals surface area (Å²) >= 11 is 0. The van der Waals surface area contributed by atoms with Crippen molar-refractivity contribution in [3.8, 4) is 0 Å². The Bertz CT molecular complexity index is 67.7. The second-order valence-electron chi connectivity index (χ2n) is 0.816. The van der Waals surface area contributed by atoms with Crippen LogP contribution in [0.15, 0.2) is 25.0 Å². The quantitative estimate of drug-likeness (QED) is 0.503. The Morgan fingerprint density at radius 3 is 1.14 bits per heavy atom. The van der Waals surface area contributed by atoms with E-state index in [9.17, 15) is 0 Å². The fourth-order valence-electron chi connectivity index (χ4n) is 0.219. The normalized spacial score (nSPS) is 13.7. The molecule has 0 spiro atoms. The molecule has 1 radical (unpaired) electrons. The molecule has 2 nitrogen and oxygen atoms in total. The molecule has 0 saturated carbocycles. The molecule has 41 valence electrons. The summed E-state index contributed by atoms with van der Waals surface area (Å²) in [6.07, 6.45) is 5.83. The van der Waals surface area contributed by atoms with Gasteiger partial charge in [-0.05, 0) is 0 Å². The van der Waals surface area contributed by atoms with Gasteiger partial charge < -0.3 is 9.47 Å². The van der Waals surface area contributed by atoms with E-state index in [2.05, 4.69) is 9.47 Å². The van der Waals surface area contributed by atoms with Gasteiger partial charge in [0.1, 0.15) is 25.0 Å².